The first-order valence-corrected chi connectivity index (χ1v) is 6.84. The van der Waals surface area contributed by atoms with Crippen molar-refractivity contribution in [3.05, 3.63) is 47.8 Å². The van der Waals surface area contributed by atoms with Gasteiger partial charge in [0.05, 0.1) is 10.2 Å². The Bertz CT molecular complexity index is 839. The van der Waals surface area contributed by atoms with E-state index in [9.17, 15) is 9.59 Å². The zero-order valence-electron chi connectivity index (χ0n) is 10.7. The third-order valence-corrected chi connectivity index (χ3v) is 3.98. The smallest absolute Gasteiger partial charge is 0.268 e. The van der Waals surface area contributed by atoms with Gasteiger partial charge in [0.25, 0.3) is 11.8 Å². The number of pyridine rings is 1. The van der Waals surface area contributed by atoms with E-state index < -0.39 is 11.8 Å². The van der Waals surface area contributed by atoms with Crippen LogP contribution in [-0.4, -0.2) is 21.8 Å². The minimum atomic E-state index is -0.729. The van der Waals surface area contributed by atoms with E-state index in [4.69, 9.17) is 11.5 Å². The van der Waals surface area contributed by atoms with Gasteiger partial charge in [0.15, 0.2) is 0 Å². The molecule has 0 spiro atoms. The van der Waals surface area contributed by atoms with Gasteiger partial charge in [-0.3, -0.25) is 9.59 Å². The first kappa shape index (κ1) is 13.2. The molecular weight excluding hydrogens is 288 g/mol. The molecule has 0 aliphatic carbocycles. The molecule has 104 valence electrons. The number of hydrogen-bond donors (Lipinski definition) is 2. The molecule has 4 N–H and O–H groups in total. The highest BCUT2D eigenvalue weighted by Gasteiger charge is 2.17. The van der Waals surface area contributed by atoms with E-state index in [1.807, 2.05) is 24.3 Å². The number of para-hydroxylation sites is 1. The van der Waals surface area contributed by atoms with E-state index in [0.717, 1.165) is 10.2 Å². The van der Waals surface area contributed by atoms with Crippen LogP contribution >= 0.6 is 11.3 Å². The average Bonchev–Trinajstić information content (AvgIpc) is 2.90. The summed E-state index contributed by atoms with van der Waals surface area (Å²) in [6.07, 6.45) is 0. The zero-order valence-corrected chi connectivity index (χ0v) is 11.6. The minimum absolute atomic E-state index is 0.00587. The first-order valence-electron chi connectivity index (χ1n) is 6.03. The number of hydrogen-bond acceptors (Lipinski definition) is 5. The summed E-state index contributed by atoms with van der Waals surface area (Å²) in [5.41, 5.74) is 11.8. The predicted molar refractivity (Wildman–Crippen MR) is 79.9 cm³/mol. The number of thiazole rings is 1. The lowest BCUT2D eigenvalue weighted by atomic mass is 10.1. The number of nitrogens with two attached hydrogens (primary N) is 2. The fraction of sp³-hybridized carbons (Fsp3) is 0. The Kier molecular flexibility index (Phi) is 3.11. The summed E-state index contributed by atoms with van der Waals surface area (Å²) in [6, 6.07) is 10.7. The van der Waals surface area contributed by atoms with E-state index >= 15 is 0 Å². The minimum Gasteiger partial charge on any atom is -0.364 e. The van der Waals surface area contributed by atoms with Gasteiger partial charge in [-0.2, -0.15) is 0 Å². The molecule has 0 atom stereocenters. The summed E-state index contributed by atoms with van der Waals surface area (Å²) in [4.78, 5) is 31.1. The van der Waals surface area contributed by atoms with Gasteiger partial charge < -0.3 is 11.5 Å². The van der Waals surface area contributed by atoms with E-state index in [1.54, 1.807) is 6.07 Å². The zero-order chi connectivity index (χ0) is 15.0. The molecule has 1 aromatic carbocycles. The quantitative estimate of drug-likeness (QED) is 0.764. The third kappa shape index (κ3) is 2.34. The van der Waals surface area contributed by atoms with E-state index in [1.165, 1.54) is 17.4 Å². The standard InChI is InChI=1S/C14H10N4O2S/c15-12(19)9-6-5-7(11(17-9)13(16)20)14-18-8-3-1-2-4-10(8)21-14/h1-6H,(H2,15,19)(H2,16,20). The van der Waals surface area contributed by atoms with Gasteiger partial charge in [-0.05, 0) is 24.3 Å². The monoisotopic (exact) mass is 298 g/mol. The summed E-state index contributed by atoms with van der Waals surface area (Å²) in [6.45, 7) is 0. The van der Waals surface area contributed by atoms with Gasteiger partial charge in [-0.25, -0.2) is 9.97 Å². The van der Waals surface area contributed by atoms with Gasteiger partial charge >= 0.3 is 0 Å². The Hall–Kier alpha value is -2.80. The highest BCUT2D eigenvalue weighted by molar-refractivity contribution is 7.21. The van der Waals surface area contributed by atoms with Crippen molar-refractivity contribution in [1.82, 2.24) is 9.97 Å². The molecule has 2 aromatic heterocycles. The average molecular weight is 298 g/mol. The van der Waals surface area contributed by atoms with Crippen LogP contribution in [0.2, 0.25) is 0 Å². The SMILES string of the molecule is NC(=O)c1ccc(-c2nc3ccccc3s2)c(C(N)=O)n1. The van der Waals surface area contributed by atoms with E-state index in [-0.39, 0.29) is 11.4 Å². The number of carbonyl (C=O) groups is 2. The number of carbonyl (C=O) groups excluding carboxylic acids is 2. The van der Waals surface area contributed by atoms with Crippen LogP contribution in [0.4, 0.5) is 0 Å². The van der Waals surface area contributed by atoms with Gasteiger partial charge in [-0.15, -0.1) is 11.3 Å². The number of benzene rings is 1. The number of nitrogens with zero attached hydrogens (tertiary/aromatic N) is 2. The van der Waals surface area contributed by atoms with Crippen molar-refractivity contribution in [3.63, 3.8) is 0 Å². The molecule has 0 aliphatic heterocycles. The fourth-order valence-electron chi connectivity index (χ4n) is 1.94. The summed E-state index contributed by atoms with van der Waals surface area (Å²) < 4.78 is 0.988. The Morgan fingerprint density at radius 1 is 0.952 bits per heavy atom. The lowest BCUT2D eigenvalue weighted by molar-refractivity contribution is 0.0993. The Labute approximate surface area is 123 Å². The molecule has 21 heavy (non-hydrogen) atoms. The third-order valence-electron chi connectivity index (χ3n) is 2.91. The second kappa shape index (κ2) is 4.95. The van der Waals surface area contributed by atoms with Crippen LogP contribution in [0.1, 0.15) is 21.0 Å². The molecule has 7 heteroatoms. The van der Waals surface area contributed by atoms with Gasteiger partial charge in [0, 0.05) is 5.56 Å². The maximum absolute atomic E-state index is 11.6. The normalized spacial score (nSPS) is 10.7. The summed E-state index contributed by atoms with van der Waals surface area (Å²) >= 11 is 1.42. The lowest BCUT2D eigenvalue weighted by Crippen LogP contribution is -2.19. The molecule has 2 heterocycles. The van der Waals surface area contributed by atoms with E-state index in [2.05, 4.69) is 9.97 Å². The Morgan fingerprint density at radius 2 is 1.71 bits per heavy atom. The summed E-state index contributed by atoms with van der Waals surface area (Å²) in [5.74, 6) is -1.44. The highest BCUT2D eigenvalue weighted by atomic mass is 32.1. The van der Waals surface area contributed by atoms with Gasteiger partial charge in [-0.1, -0.05) is 12.1 Å². The van der Waals surface area contributed by atoms with Crippen molar-refractivity contribution in [2.24, 2.45) is 11.5 Å². The summed E-state index contributed by atoms with van der Waals surface area (Å²) in [7, 11) is 0. The molecule has 0 aliphatic rings. The number of fused-ring (bicyclic) bond motifs is 1. The molecule has 0 radical (unpaired) electrons. The number of rotatable bonds is 3. The maximum atomic E-state index is 11.6. The number of aromatic nitrogens is 2. The van der Waals surface area contributed by atoms with Crippen molar-refractivity contribution in [1.29, 1.82) is 0 Å². The predicted octanol–water partition coefficient (Wildman–Crippen LogP) is 1.56. The number of amides is 2. The second-order valence-electron chi connectivity index (χ2n) is 4.31. The maximum Gasteiger partial charge on any atom is 0.268 e. The van der Waals surface area contributed by atoms with Crippen molar-refractivity contribution < 1.29 is 9.59 Å². The van der Waals surface area contributed by atoms with Crippen LogP contribution in [0.15, 0.2) is 36.4 Å². The molecule has 0 saturated heterocycles. The first-order chi connectivity index (χ1) is 10.1. The Balaban J connectivity index is 2.21. The topological polar surface area (TPSA) is 112 Å². The van der Waals surface area contributed by atoms with Gasteiger partial charge in [0.2, 0.25) is 0 Å². The molecule has 0 saturated carbocycles. The largest absolute Gasteiger partial charge is 0.364 e. The van der Waals surface area contributed by atoms with Crippen LogP contribution in [0.5, 0.6) is 0 Å². The molecule has 3 rings (SSSR count). The fourth-order valence-corrected chi connectivity index (χ4v) is 2.94. The number of primary amides is 2. The van der Waals surface area contributed by atoms with Crippen molar-refractivity contribution in [2.45, 2.75) is 0 Å². The molecule has 0 unspecified atom stereocenters. The van der Waals surface area contributed by atoms with Crippen LogP contribution in [0, 0.1) is 0 Å². The molecule has 0 bridgehead atoms. The molecule has 2 amide bonds. The van der Waals surface area contributed by atoms with Crippen LogP contribution < -0.4 is 11.5 Å². The van der Waals surface area contributed by atoms with Crippen LogP contribution in [-0.2, 0) is 0 Å². The summed E-state index contributed by atoms with van der Waals surface area (Å²) in [5, 5.41) is 0.619. The lowest BCUT2D eigenvalue weighted by Gasteiger charge is -2.04. The van der Waals surface area contributed by atoms with Crippen LogP contribution in [0.25, 0.3) is 20.8 Å². The molecular formula is C14H10N4O2S. The highest BCUT2D eigenvalue weighted by Crippen LogP contribution is 2.31. The van der Waals surface area contributed by atoms with Crippen molar-refractivity contribution >= 4 is 33.4 Å². The molecule has 3 aromatic rings. The van der Waals surface area contributed by atoms with Crippen molar-refractivity contribution in [2.75, 3.05) is 0 Å². The Morgan fingerprint density at radius 3 is 2.38 bits per heavy atom. The van der Waals surface area contributed by atoms with Crippen molar-refractivity contribution in [3.8, 4) is 10.6 Å². The van der Waals surface area contributed by atoms with Crippen LogP contribution in [0.3, 0.4) is 0 Å². The molecule has 0 fully saturated rings. The van der Waals surface area contributed by atoms with E-state index in [0.29, 0.717) is 10.6 Å². The van der Waals surface area contributed by atoms with Gasteiger partial charge in [0.1, 0.15) is 16.4 Å². The molecule has 6 nitrogen and oxygen atoms in total. The second-order valence-corrected chi connectivity index (χ2v) is 5.34.